The van der Waals surface area contributed by atoms with Crippen LogP contribution in [0.3, 0.4) is 0 Å². The fourth-order valence-corrected chi connectivity index (χ4v) is 1.75. The van der Waals surface area contributed by atoms with E-state index in [1.54, 1.807) is 0 Å². The summed E-state index contributed by atoms with van der Waals surface area (Å²) in [6.07, 6.45) is 0. The van der Waals surface area contributed by atoms with Crippen LogP contribution in [0.5, 0.6) is 5.75 Å². The molecule has 0 spiro atoms. The SMILES string of the molecule is CCNCc1cc(C)ccc1OCCOC(C)(C)C. The van der Waals surface area contributed by atoms with Crippen LogP contribution in [0.1, 0.15) is 38.8 Å². The molecule has 0 aliphatic rings. The molecule has 0 aliphatic carbocycles. The highest BCUT2D eigenvalue weighted by Gasteiger charge is 2.10. The van der Waals surface area contributed by atoms with Crippen LogP contribution >= 0.6 is 0 Å². The standard InChI is InChI=1S/C16H27NO2/c1-6-17-12-14-11-13(2)7-8-15(14)18-9-10-19-16(3,4)5/h7-8,11,17H,6,9-10,12H2,1-5H3. The van der Waals surface area contributed by atoms with Crippen LogP contribution in [0.25, 0.3) is 0 Å². The highest BCUT2D eigenvalue weighted by Crippen LogP contribution is 2.20. The Morgan fingerprint density at radius 1 is 1.16 bits per heavy atom. The van der Waals surface area contributed by atoms with Gasteiger partial charge >= 0.3 is 0 Å². The minimum absolute atomic E-state index is 0.108. The van der Waals surface area contributed by atoms with Gasteiger partial charge in [0.15, 0.2) is 0 Å². The van der Waals surface area contributed by atoms with Crippen LogP contribution in [0.15, 0.2) is 18.2 Å². The molecule has 0 fully saturated rings. The van der Waals surface area contributed by atoms with Gasteiger partial charge in [0.1, 0.15) is 12.4 Å². The molecule has 0 aliphatic heterocycles. The average Bonchev–Trinajstić information content (AvgIpc) is 2.32. The molecule has 0 saturated carbocycles. The molecular weight excluding hydrogens is 238 g/mol. The maximum Gasteiger partial charge on any atom is 0.123 e. The average molecular weight is 265 g/mol. The van der Waals surface area contributed by atoms with E-state index >= 15 is 0 Å². The number of hydrogen-bond acceptors (Lipinski definition) is 3. The third kappa shape index (κ3) is 6.60. The van der Waals surface area contributed by atoms with Crippen molar-refractivity contribution in [2.45, 2.75) is 46.8 Å². The van der Waals surface area contributed by atoms with Gasteiger partial charge in [-0.2, -0.15) is 0 Å². The normalized spacial score (nSPS) is 11.6. The van der Waals surface area contributed by atoms with Gasteiger partial charge in [-0.25, -0.2) is 0 Å². The third-order valence-electron chi connectivity index (χ3n) is 2.66. The second kappa shape index (κ2) is 7.51. The number of hydrogen-bond donors (Lipinski definition) is 1. The molecule has 1 N–H and O–H groups in total. The Kier molecular flexibility index (Phi) is 6.32. The smallest absolute Gasteiger partial charge is 0.123 e. The van der Waals surface area contributed by atoms with Crippen LogP contribution in [0, 0.1) is 6.92 Å². The van der Waals surface area contributed by atoms with Crippen molar-refractivity contribution >= 4 is 0 Å². The van der Waals surface area contributed by atoms with E-state index < -0.39 is 0 Å². The molecule has 0 saturated heterocycles. The molecule has 0 radical (unpaired) electrons. The molecule has 3 heteroatoms. The fraction of sp³-hybridized carbons (Fsp3) is 0.625. The summed E-state index contributed by atoms with van der Waals surface area (Å²) in [7, 11) is 0. The largest absolute Gasteiger partial charge is 0.491 e. The van der Waals surface area contributed by atoms with Crippen LogP contribution in [0.2, 0.25) is 0 Å². The van der Waals surface area contributed by atoms with Gasteiger partial charge in [-0.1, -0.05) is 24.6 Å². The Hall–Kier alpha value is -1.06. The lowest BCUT2D eigenvalue weighted by Gasteiger charge is -2.20. The Morgan fingerprint density at radius 2 is 1.89 bits per heavy atom. The zero-order valence-electron chi connectivity index (χ0n) is 12.9. The topological polar surface area (TPSA) is 30.5 Å². The van der Waals surface area contributed by atoms with E-state index in [-0.39, 0.29) is 5.60 Å². The number of ether oxygens (including phenoxy) is 2. The summed E-state index contributed by atoms with van der Waals surface area (Å²) in [6.45, 7) is 13.3. The number of nitrogens with one attached hydrogen (secondary N) is 1. The molecule has 1 aromatic carbocycles. The number of benzene rings is 1. The minimum atomic E-state index is -0.108. The van der Waals surface area contributed by atoms with Gasteiger partial charge in [-0.05, 0) is 40.3 Å². The minimum Gasteiger partial charge on any atom is -0.491 e. The summed E-state index contributed by atoms with van der Waals surface area (Å²) in [5.41, 5.74) is 2.35. The van der Waals surface area contributed by atoms with Crippen LogP contribution in [0.4, 0.5) is 0 Å². The molecule has 0 heterocycles. The van der Waals surface area contributed by atoms with Crippen molar-refractivity contribution < 1.29 is 9.47 Å². The first kappa shape index (κ1) is 16.0. The summed E-state index contributed by atoms with van der Waals surface area (Å²) >= 11 is 0. The fourth-order valence-electron chi connectivity index (χ4n) is 1.75. The summed E-state index contributed by atoms with van der Waals surface area (Å²) < 4.78 is 11.5. The first-order chi connectivity index (χ1) is 8.92. The van der Waals surface area contributed by atoms with Gasteiger partial charge in [0.05, 0.1) is 12.2 Å². The van der Waals surface area contributed by atoms with E-state index in [0.29, 0.717) is 13.2 Å². The summed E-state index contributed by atoms with van der Waals surface area (Å²) in [5, 5.41) is 3.34. The van der Waals surface area contributed by atoms with Crippen molar-refractivity contribution in [3.63, 3.8) is 0 Å². The molecule has 3 nitrogen and oxygen atoms in total. The Bertz CT molecular complexity index is 383. The summed E-state index contributed by atoms with van der Waals surface area (Å²) in [5.74, 6) is 0.948. The monoisotopic (exact) mass is 265 g/mol. The predicted octanol–water partition coefficient (Wildman–Crippen LogP) is 3.30. The van der Waals surface area contributed by atoms with Crippen LogP contribution in [-0.4, -0.2) is 25.4 Å². The van der Waals surface area contributed by atoms with E-state index in [1.165, 1.54) is 11.1 Å². The van der Waals surface area contributed by atoms with Crippen LogP contribution in [-0.2, 0) is 11.3 Å². The van der Waals surface area contributed by atoms with Crippen molar-refractivity contribution in [3.8, 4) is 5.75 Å². The lowest BCUT2D eigenvalue weighted by molar-refractivity contribution is -0.0164. The van der Waals surface area contributed by atoms with E-state index in [0.717, 1.165) is 18.8 Å². The lowest BCUT2D eigenvalue weighted by Crippen LogP contribution is -2.22. The van der Waals surface area contributed by atoms with Crippen molar-refractivity contribution in [3.05, 3.63) is 29.3 Å². The third-order valence-corrected chi connectivity index (χ3v) is 2.66. The lowest BCUT2D eigenvalue weighted by atomic mass is 10.1. The van der Waals surface area contributed by atoms with E-state index in [2.05, 4.69) is 52.1 Å². The van der Waals surface area contributed by atoms with Gasteiger partial charge < -0.3 is 14.8 Å². The molecule has 108 valence electrons. The number of aryl methyl sites for hydroxylation is 1. The molecule has 0 aromatic heterocycles. The van der Waals surface area contributed by atoms with E-state index in [4.69, 9.17) is 9.47 Å². The first-order valence-electron chi connectivity index (χ1n) is 6.99. The summed E-state index contributed by atoms with van der Waals surface area (Å²) in [4.78, 5) is 0. The molecule has 0 bridgehead atoms. The number of rotatable bonds is 7. The van der Waals surface area contributed by atoms with Gasteiger partial charge in [0.2, 0.25) is 0 Å². The zero-order chi connectivity index (χ0) is 14.3. The Balaban J connectivity index is 2.52. The Morgan fingerprint density at radius 3 is 2.53 bits per heavy atom. The maximum absolute atomic E-state index is 5.82. The van der Waals surface area contributed by atoms with Gasteiger partial charge in [0.25, 0.3) is 0 Å². The molecule has 0 atom stereocenters. The molecule has 1 rings (SSSR count). The second-order valence-electron chi connectivity index (χ2n) is 5.70. The maximum atomic E-state index is 5.82. The first-order valence-corrected chi connectivity index (χ1v) is 6.99. The van der Waals surface area contributed by atoms with Crippen molar-refractivity contribution in [2.75, 3.05) is 19.8 Å². The van der Waals surface area contributed by atoms with Crippen molar-refractivity contribution in [2.24, 2.45) is 0 Å². The van der Waals surface area contributed by atoms with Crippen molar-refractivity contribution in [1.29, 1.82) is 0 Å². The quantitative estimate of drug-likeness (QED) is 0.767. The molecule has 19 heavy (non-hydrogen) atoms. The predicted molar refractivity (Wildman–Crippen MR) is 79.8 cm³/mol. The Labute approximate surface area is 117 Å². The van der Waals surface area contributed by atoms with E-state index in [9.17, 15) is 0 Å². The van der Waals surface area contributed by atoms with Gasteiger partial charge in [0, 0.05) is 12.1 Å². The second-order valence-corrected chi connectivity index (χ2v) is 5.70. The summed E-state index contributed by atoms with van der Waals surface area (Å²) in [6, 6.07) is 6.29. The van der Waals surface area contributed by atoms with Gasteiger partial charge in [-0.15, -0.1) is 0 Å². The molecule has 0 unspecified atom stereocenters. The molecule has 1 aromatic rings. The highest BCUT2D eigenvalue weighted by atomic mass is 16.5. The molecular formula is C16H27NO2. The molecule has 0 amide bonds. The van der Waals surface area contributed by atoms with Crippen molar-refractivity contribution in [1.82, 2.24) is 5.32 Å². The van der Waals surface area contributed by atoms with Crippen LogP contribution < -0.4 is 10.1 Å². The highest BCUT2D eigenvalue weighted by molar-refractivity contribution is 5.36. The van der Waals surface area contributed by atoms with Gasteiger partial charge in [-0.3, -0.25) is 0 Å². The zero-order valence-corrected chi connectivity index (χ0v) is 12.9. The van der Waals surface area contributed by atoms with E-state index in [1.807, 2.05) is 6.07 Å².